The Kier molecular flexibility index (Phi) is 3.80. The second kappa shape index (κ2) is 6.14. The molecule has 3 aliphatic heterocycles. The third-order valence-corrected chi connectivity index (χ3v) is 4.53. The summed E-state index contributed by atoms with van der Waals surface area (Å²) in [5.41, 5.74) is 2.23. The maximum absolute atomic E-state index is 12.8. The highest BCUT2D eigenvalue weighted by Crippen LogP contribution is 2.28. The van der Waals surface area contributed by atoms with E-state index in [-0.39, 0.29) is 29.3 Å². The van der Waals surface area contributed by atoms with Crippen molar-refractivity contribution in [3.8, 4) is 11.3 Å². The lowest BCUT2D eigenvalue weighted by molar-refractivity contribution is -0.119. The minimum atomic E-state index is -0.616. The Hall–Kier alpha value is -3.42. The summed E-state index contributed by atoms with van der Waals surface area (Å²) >= 11 is 0. The molecule has 26 heavy (non-hydrogen) atoms. The number of hydrogen-bond donors (Lipinski definition) is 1. The lowest BCUT2D eigenvalue weighted by Crippen LogP contribution is -2.32. The smallest absolute Gasteiger partial charge is 0.341 e. The highest BCUT2D eigenvalue weighted by molar-refractivity contribution is 5.97. The number of aromatic nitrogens is 3. The van der Waals surface area contributed by atoms with Crippen molar-refractivity contribution in [3.05, 3.63) is 58.1 Å². The molecule has 1 aromatic rings. The van der Waals surface area contributed by atoms with Gasteiger partial charge < -0.3 is 14.2 Å². The van der Waals surface area contributed by atoms with Gasteiger partial charge in [0.2, 0.25) is 5.91 Å². The van der Waals surface area contributed by atoms with Crippen LogP contribution in [0.2, 0.25) is 0 Å². The molecule has 0 saturated carbocycles. The van der Waals surface area contributed by atoms with Gasteiger partial charge in [-0.1, -0.05) is 18.2 Å². The predicted molar refractivity (Wildman–Crippen MR) is 93.3 cm³/mol. The molecule has 1 amide bonds. The number of H-pyrrole nitrogens is 1. The van der Waals surface area contributed by atoms with Gasteiger partial charge in [-0.15, -0.1) is 0 Å². The fourth-order valence-electron chi connectivity index (χ4n) is 3.28. The summed E-state index contributed by atoms with van der Waals surface area (Å²) < 4.78 is 6.28. The van der Waals surface area contributed by atoms with Crippen molar-refractivity contribution in [2.45, 2.75) is 13.0 Å². The number of carbonyl (C=O) groups excluding carboxylic acids is 2. The molecule has 0 spiro atoms. The first-order valence-corrected chi connectivity index (χ1v) is 8.13. The molecule has 0 saturated heterocycles. The number of benzene rings is 1. The van der Waals surface area contributed by atoms with Crippen molar-refractivity contribution >= 4 is 17.6 Å². The number of esters is 1. The first kappa shape index (κ1) is 16.1. The van der Waals surface area contributed by atoms with Crippen molar-refractivity contribution in [1.29, 1.82) is 0 Å². The topological polar surface area (TPSA) is 97.3 Å². The molecule has 0 aromatic heterocycles. The first-order valence-electron chi connectivity index (χ1n) is 8.13. The van der Waals surface area contributed by atoms with E-state index in [9.17, 15) is 14.4 Å². The maximum atomic E-state index is 12.8. The van der Waals surface area contributed by atoms with E-state index in [1.807, 2.05) is 24.3 Å². The van der Waals surface area contributed by atoms with Crippen LogP contribution in [0.3, 0.4) is 0 Å². The molecule has 1 aromatic carbocycles. The molecule has 132 valence electrons. The molecule has 0 bridgehead atoms. The monoisotopic (exact) mass is 352 g/mol. The van der Waals surface area contributed by atoms with Crippen LogP contribution in [0.1, 0.15) is 15.9 Å². The molecule has 4 rings (SSSR count). The molecule has 1 N–H and O–H groups in total. The molecular formula is C18H16N4O4. The van der Waals surface area contributed by atoms with Crippen LogP contribution >= 0.6 is 0 Å². The number of nitrogens with one attached hydrogen (secondary N) is 1. The van der Waals surface area contributed by atoms with Gasteiger partial charge in [0.25, 0.3) is 5.56 Å². The molecule has 0 fully saturated rings. The van der Waals surface area contributed by atoms with E-state index >= 15 is 0 Å². The van der Waals surface area contributed by atoms with Gasteiger partial charge in [0.1, 0.15) is 17.8 Å². The van der Waals surface area contributed by atoms with Gasteiger partial charge >= 0.3 is 5.97 Å². The van der Waals surface area contributed by atoms with Gasteiger partial charge in [-0.05, 0) is 18.1 Å². The SMILES string of the molecule is COC(=O)c1cn(CC(=O)N2CCc3ccccc32)cc2c(=O)[nH]nc1-2. The zero-order valence-corrected chi connectivity index (χ0v) is 14.1. The van der Waals surface area contributed by atoms with Crippen LogP contribution in [0, 0.1) is 0 Å². The van der Waals surface area contributed by atoms with E-state index in [0.29, 0.717) is 6.54 Å². The molecule has 0 atom stereocenters. The minimum Gasteiger partial charge on any atom is -0.465 e. The fourth-order valence-corrected chi connectivity index (χ4v) is 3.28. The maximum Gasteiger partial charge on any atom is 0.341 e. The second-order valence-electron chi connectivity index (χ2n) is 6.07. The van der Waals surface area contributed by atoms with Crippen molar-refractivity contribution in [3.63, 3.8) is 0 Å². The third kappa shape index (κ3) is 2.55. The van der Waals surface area contributed by atoms with Crippen LogP contribution in [0.15, 0.2) is 41.5 Å². The number of methoxy groups -OCH3 is 1. The molecule has 8 heteroatoms. The quantitative estimate of drug-likeness (QED) is 0.711. The summed E-state index contributed by atoms with van der Waals surface area (Å²) in [4.78, 5) is 38.4. The van der Waals surface area contributed by atoms with Gasteiger partial charge in [0.15, 0.2) is 0 Å². The van der Waals surface area contributed by atoms with Crippen molar-refractivity contribution in [2.24, 2.45) is 0 Å². The Morgan fingerprint density at radius 3 is 2.88 bits per heavy atom. The van der Waals surface area contributed by atoms with E-state index in [0.717, 1.165) is 17.7 Å². The minimum absolute atomic E-state index is 0.00110. The number of fused-ring (bicyclic) bond motifs is 2. The molecule has 8 nitrogen and oxygen atoms in total. The third-order valence-electron chi connectivity index (χ3n) is 4.53. The summed E-state index contributed by atoms with van der Waals surface area (Å²) in [6.07, 6.45) is 3.81. The number of anilines is 1. The summed E-state index contributed by atoms with van der Waals surface area (Å²) in [6, 6.07) is 7.77. The number of carbonyl (C=O) groups is 2. The van der Waals surface area contributed by atoms with Gasteiger partial charge in [-0.25, -0.2) is 9.89 Å². The molecule has 3 heterocycles. The van der Waals surface area contributed by atoms with Crippen LogP contribution in [0.5, 0.6) is 0 Å². The zero-order chi connectivity index (χ0) is 18.3. The standard InChI is InChI=1S/C18H16N4O4/c1-26-18(25)13-9-21(8-12-16(13)19-20-17(12)24)10-15(23)22-7-6-11-4-2-3-5-14(11)22/h2-5,8-9H,6-7,10H2,1H3,(H,20,24). The van der Waals surface area contributed by atoms with Gasteiger partial charge in [0.05, 0.1) is 12.7 Å². The van der Waals surface area contributed by atoms with Crippen molar-refractivity contribution < 1.29 is 14.3 Å². The number of aromatic amines is 1. The van der Waals surface area contributed by atoms with Crippen LogP contribution < -0.4 is 10.5 Å². The number of amides is 1. The predicted octanol–water partition coefficient (Wildman–Crippen LogP) is 1.05. The van der Waals surface area contributed by atoms with Crippen LogP contribution in [-0.2, 0) is 22.5 Å². The summed E-state index contributed by atoms with van der Waals surface area (Å²) in [5, 5.41) is 6.19. The number of rotatable bonds is 3. The summed E-state index contributed by atoms with van der Waals surface area (Å²) in [5.74, 6) is -0.735. The van der Waals surface area contributed by atoms with E-state index in [4.69, 9.17) is 4.74 Å². The van der Waals surface area contributed by atoms with Gasteiger partial charge in [-0.2, -0.15) is 5.10 Å². The molecule has 0 unspecified atom stereocenters. The van der Waals surface area contributed by atoms with Crippen LogP contribution in [0.25, 0.3) is 11.3 Å². The number of para-hydroxylation sites is 1. The Labute approximate surface area is 148 Å². The van der Waals surface area contributed by atoms with Crippen LogP contribution in [0.4, 0.5) is 5.69 Å². The Bertz CT molecular complexity index is 1040. The number of ether oxygens (including phenoxy) is 1. The van der Waals surface area contributed by atoms with E-state index in [1.165, 1.54) is 24.1 Å². The van der Waals surface area contributed by atoms with Gasteiger partial charge in [0, 0.05) is 24.6 Å². The first-order chi connectivity index (χ1) is 12.6. The Balaban J connectivity index is 1.68. The van der Waals surface area contributed by atoms with Crippen LogP contribution in [-0.4, -0.2) is 40.3 Å². The van der Waals surface area contributed by atoms with E-state index in [1.54, 1.807) is 4.90 Å². The molecule has 0 radical (unpaired) electrons. The largest absolute Gasteiger partial charge is 0.465 e. The number of hydrogen-bond acceptors (Lipinski definition) is 5. The Morgan fingerprint density at radius 2 is 2.08 bits per heavy atom. The van der Waals surface area contributed by atoms with E-state index in [2.05, 4.69) is 10.2 Å². The summed E-state index contributed by atoms with van der Waals surface area (Å²) in [7, 11) is 1.25. The lowest BCUT2D eigenvalue weighted by atomic mass is 10.1. The highest BCUT2D eigenvalue weighted by Gasteiger charge is 2.26. The normalized spacial score (nSPS) is 13.0. The average Bonchev–Trinajstić information content (AvgIpc) is 3.25. The highest BCUT2D eigenvalue weighted by atomic mass is 16.5. The fraction of sp³-hybridized carbons (Fsp3) is 0.222. The number of pyridine rings is 1. The Morgan fingerprint density at radius 1 is 1.27 bits per heavy atom. The van der Waals surface area contributed by atoms with Crippen molar-refractivity contribution in [2.75, 3.05) is 18.6 Å². The van der Waals surface area contributed by atoms with Gasteiger partial charge in [-0.3, -0.25) is 9.59 Å². The van der Waals surface area contributed by atoms with Crippen molar-refractivity contribution in [1.82, 2.24) is 14.8 Å². The zero-order valence-electron chi connectivity index (χ0n) is 14.1. The summed E-state index contributed by atoms with van der Waals surface area (Å²) in [6.45, 7) is 0.613. The second-order valence-corrected chi connectivity index (χ2v) is 6.07. The lowest BCUT2D eigenvalue weighted by Gasteiger charge is -2.19. The number of nitrogens with zero attached hydrogens (tertiary/aromatic N) is 3. The average molecular weight is 352 g/mol. The molecule has 3 aliphatic rings. The van der Waals surface area contributed by atoms with E-state index < -0.39 is 11.5 Å². The molecular weight excluding hydrogens is 336 g/mol. The molecule has 0 aliphatic carbocycles.